The number of rotatable bonds is 5. The van der Waals surface area contributed by atoms with Crippen LogP contribution in [0.15, 0.2) is 17.4 Å². The maximum atomic E-state index is 12.5. The molecule has 122 valence electrons. The van der Waals surface area contributed by atoms with Crippen molar-refractivity contribution in [1.82, 2.24) is 20.2 Å². The molecule has 0 aliphatic heterocycles. The molecule has 0 atom stereocenters. The van der Waals surface area contributed by atoms with Gasteiger partial charge < -0.3 is 10.6 Å². The second kappa shape index (κ2) is 9.00. The van der Waals surface area contributed by atoms with Gasteiger partial charge in [-0.2, -0.15) is 22.0 Å². The highest BCUT2D eigenvalue weighted by Gasteiger charge is 2.26. The average Bonchev–Trinajstić information content (AvgIpc) is 2.80. The highest BCUT2D eigenvalue weighted by Crippen LogP contribution is 2.18. The highest BCUT2D eigenvalue weighted by atomic mass is 127. The zero-order valence-corrected chi connectivity index (χ0v) is 13.3. The Morgan fingerprint density at radius 1 is 1.38 bits per heavy atom. The quantitative estimate of drug-likeness (QED) is 0.329. The zero-order chi connectivity index (χ0) is 15.2. The number of aromatic nitrogens is 2. The molecule has 11 heteroatoms. The van der Waals surface area contributed by atoms with Crippen LogP contribution in [0.25, 0.3) is 0 Å². The fourth-order valence-electron chi connectivity index (χ4n) is 1.36. The van der Waals surface area contributed by atoms with E-state index in [4.69, 9.17) is 0 Å². The van der Waals surface area contributed by atoms with Gasteiger partial charge in [-0.15, -0.1) is 24.0 Å². The lowest BCUT2D eigenvalue weighted by atomic mass is 10.4. The van der Waals surface area contributed by atoms with Crippen molar-refractivity contribution in [1.29, 1.82) is 0 Å². The standard InChI is InChI=1S/C10H14F5N5.HI/c1-16-9(18-3-2-10(13,14)15)19-6-7-17-4-5-20(7)8(11)12;/h4-5,8H,2-3,6H2,1H3,(H2,16,18,19);1H. The number of imidazole rings is 1. The fourth-order valence-corrected chi connectivity index (χ4v) is 1.36. The highest BCUT2D eigenvalue weighted by molar-refractivity contribution is 14.0. The molecule has 0 spiro atoms. The minimum Gasteiger partial charge on any atom is -0.356 e. The molecule has 21 heavy (non-hydrogen) atoms. The predicted molar refractivity (Wildman–Crippen MR) is 77.8 cm³/mol. The summed E-state index contributed by atoms with van der Waals surface area (Å²) in [6.45, 7) is -3.16. The Labute approximate surface area is 135 Å². The first-order valence-electron chi connectivity index (χ1n) is 5.64. The molecule has 0 amide bonds. The number of nitrogens with one attached hydrogen (secondary N) is 2. The predicted octanol–water partition coefficient (Wildman–Crippen LogP) is 2.51. The molecular formula is C10H15F5IN5. The van der Waals surface area contributed by atoms with Crippen LogP contribution in [0.3, 0.4) is 0 Å². The van der Waals surface area contributed by atoms with Gasteiger partial charge in [0.15, 0.2) is 5.96 Å². The monoisotopic (exact) mass is 427 g/mol. The van der Waals surface area contributed by atoms with Gasteiger partial charge in [-0.3, -0.25) is 9.56 Å². The van der Waals surface area contributed by atoms with E-state index in [0.29, 0.717) is 4.57 Å². The zero-order valence-electron chi connectivity index (χ0n) is 11.0. The first-order valence-corrected chi connectivity index (χ1v) is 5.64. The Balaban J connectivity index is 0.00000400. The summed E-state index contributed by atoms with van der Waals surface area (Å²) in [6, 6.07) is 0. The van der Waals surface area contributed by atoms with E-state index in [1.807, 2.05) is 0 Å². The summed E-state index contributed by atoms with van der Waals surface area (Å²) in [7, 11) is 1.36. The Morgan fingerprint density at radius 2 is 2.05 bits per heavy atom. The molecule has 1 heterocycles. The van der Waals surface area contributed by atoms with Crippen LogP contribution in [-0.4, -0.2) is 35.3 Å². The molecule has 5 nitrogen and oxygen atoms in total. The summed E-state index contributed by atoms with van der Waals surface area (Å²) in [6.07, 6.45) is -2.96. The van der Waals surface area contributed by atoms with Crippen LogP contribution in [-0.2, 0) is 6.54 Å². The van der Waals surface area contributed by atoms with Crippen LogP contribution in [0.2, 0.25) is 0 Å². The fraction of sp³-hybridized carbons (Fsp3) is 0.600. The van der Waals surface area contributed by atoms with Crippen molar-refractivity contribution >= 4 is 29.9 Å². The Hall–Kier alpha value is -1.14. The summed E-state index contributed by atoms with van der Waals surface area (Å²) in [5.74, 6) is 0.136. The van der Waals surface area contributed by atoms with Gasteiger partial charge in [-0.05, 0) is 0 Å². The van der Waals surface area contributed by atoms with Crippen molar-refractivity contribution in [3.63, 3.8) is 0 Å². The van der Waals surface area contributed by atoms with Gasteiger partial charge >= 0.3 is 12.7 Å². The van der Waals surface area contributed by atoms with Gasteiger partial charge in [0.1, 0.15) is 5.82 Å². The second-order valence-electron chi connectivity index (χ2n) is 3.75. The topological polar surface area (TPSA) is 54.2 Å². The van der Waals surface area contributed by atoms with Crippen molar-refractivity contribution in [3.8, 4) is 0 Å². The van der Waals surface area contributed by atoms with Gasteiger partial charge in [-0.25, -0.2) is 4.98 Å². The number of guanidine groups is 1. The number of alkyl halides is 5. The number of hydrogen-bond donors (Lipinski definition) is 2. The lowest BCUT2D eigenvalue weighted by Crippen LogP contribution is -2.39. The molecule has 0 aliphatic rings. The third kappa shape index (κ3) is 7.43. The first kappa shape index (κ1) is 19.9. The van der Waals surface area contributed by atoms with Crippen molar-refractivity contribution in [2.75, 3.05) is 13.6 Å². The maximum absolute atomic E-state index is 12.5. The van der Waals surface area contributed by atoms with E-state index in [-0.39, 0.29) is 48.9 Å². The molecule has 1 aromatic heterocycles. The van der Waals surface area contributed by atoms with Gasteiger partial charge in [0.05, 0.1) is 13.0 Å². The average molecular weight is 427 g/mol. The van der Waals surface area contributed by atoms with Crippen LogP contribution < -0.4 is 10.6 Å². The van der Waals surface area contributed by atoms with Crippen LogP contribution in [0, 0.1) is 0 Å². The van der Waals surface area contributed by atoms with E-state index in [9.17, 15) is 22.0 Å². The Morgan fingerprint density at radius 3 is 2.57 bits per heavy atom. The van der Waals surface area contributed by atoms with Crippen LogP contribution in [0.4, 0.5) is 22.0 Å². The van der Waals surface area contributed by atoms with Crippen molar-refractivity contribution in [2.45, 2.75) is 25.7 Å². The molecule has 0 aliphatic carbocycles. The molecule has 1 rings (SSSR count). The minimum absolute atomic E-state index is 0. The lowest BCUT2D eigenvalue weighted by Gasteiger charge is -2.13. The van der Waals surface area contributed by atoms with Gasteiger partial charge in [0.2, 0.25) is 0 Å². The van der Waals surface area contributed by atoms with E-state index in [0.717, 1.165) is 6.20 Å². The number of nitrogens with zero attached hydrogens (tertiary/aromatic N) is 3. The largest absolute Gasteiger partial charge is 0.390 e. The molecule has 0 saturated carbocycles. The van der Waals surface area contributed by atoms with E-state index >= 15 is 0 Å². The van der Waals surface area contributed by atoms with Crippen LogP contribution in [0.5, 0.6) is 0 Å². The minimum atomic E-state index is -4.27. The molecule has 2 N–H and O–H groups in total. The normalized spacial score (nSPS) is 12.2. The van der Waals surface area contributed by atoms with Crippen molar-refractivity contribution < 1.29 is 22.0 Å². The number of aliphatic imine (C=N–C) groups is 1. The smallest absolute Gasteiger partial charge is 0.356 e. The van der Waals surface area contributed by atoms with Gasteiger partial charge in [-0.1, -0.05) is 0 Å². The van der Waals surface area contributed by atoms with E-state index < -0.39 is 19.1 Å². The Kier molecular flexibility index (Phi) is 8.51. The van der Waals surface area contributed by atoms with E-state index in [2.05, 4.69) is 20.6 Å². The molecule has 0 radical (unpaired) electrons. The molecule has 0 aromatic carbocycles. The molecular weight excluding hydrogens is 412 g/mol. The van der Waals surface area contributed by atoms with Crippen LogP contribution >= 0.6 is 24.0 Å². The second-order valence-corrected chi connectivity index (χ2v) is 3.75. The van der Waals surface area contributed by atoms with Gasteiger partial charge in [0, 0.05) is 26.0 Å². The van der Waals surface area contributed by atoms with Crippen molar-refractivity contribution in [2.24, 2.45) is 4.99 Å². The van der Waals surface area contributed by atoms with E-state index in [1.54, 1.807) is 0 Å². The summed E-state index contributed by atoms with van der Waals surface area (Å²) >= 11 is 0. The SMILES string of the molecule is CN=C(NCCC(F)(F)F)NCc1nccn1C(F)F.I. The van der Waals surface area contributed by atoms with E-state index in [1.165, 1.54) is 13.2 Å². The van der Waals surface area contributed by atoms with Crippen molar-refractivity contribution in [3.05, 3.63) is 18.2 Å². The summed E-state index contributed by atoms with van der Waals surface area (Å²) < 4.78 is 61.6. The number of hydrogen-bond acceptors (Lipinski definition) is 2. The summed E-state index contributed by atoms with van der Waals surface area (Å²) in [4.78, 5) is 7.41. The summed E-state index contributed by atoms with van der Waals surface area (Å²) in [5, 5.41) is 5.04. The molecule has 0 saturated heterocycles. The Bertz CT molecular complexity index is 445. The van der Waals surface area contributed by atoms with Gasteiger partial charge in [0.25, 0.3) is 0 Å². The summed E-state index contributed by atoms with van der Waals surface area (Å²) in [5.41, 5.74) is 0. The molecule has 1 aromatic rings. The molecule has 0 fully saturated rings. The lowest BCUT2D eigenvalue weighted by molar-refractivity contribution is -0.132. The maximum Gasteiger partial charge on any atom is 0.390 e. The first-order chi connectivity index (χ1) is 9.33. The number of halogens is 6. The van der Waals surface area contributed by atoms with Crippen LogP contribution in [0.1, 0.15) is 18.8 Å². The third-order valence-electron chi connectivity index (χ3n) is 2.30. The third-order valence-corrected chi connectivity index (χ3v) is 2.30. The molecule has 0 unspecified atom stereocenters. The molecule has 0 bridgehead atoms.